The van der Waals surface area contributed by atoms with E-state index < -0.39 is 5.97 Å². The second-order valence-electron chi connectivity index (χ2n) is 4.51. The highest BCUT2D eigenvalue weighted by Gasteiger charge is 2.14. The molecule has 0 bridgehead atoms. The molecular weight excluding hydrogens is 340 g/mol. The monoisotopic (exact) mass is 354 g/mol. The van der Waals surface area contributed by atoms with Crippen molar-refractivity contribution >= 4 is 33.5 Å². The Morgan fingerprint density at radius 1 is 1.43 bits per heavy atom. The van der Waals surface area contributed by atoms with Crippen LogP contribution >= 0.6 is 15.9 Å². The number of rotatable bonds is 6. The number of amides is 1. The van der Waals surface area contributed by atoms with Crippen molar-refractivity contribution < 1.29 is 14.7 Å². The largest absolute Gasteiger partial charge is 0.480 e. The number of aryl methyl sites for hydroxylation is 1. The Bertz CT molecular complexity index is 662. The maximum Gasteiger partial charge on any atom is 0.325 e. The Morgan fingerprint density at radius 3 is 2.86 bits per heavy atom. The molecule has 0 aliphatic heterocycles. The Morgan fingerprint density at radius 2 is 2.19 bits per heavy atom. The van der Waals surface area contributed by atoms with Gasteiger partial charge in [0.1, 0.15) is 12.2 Å². The first kappa shape index (κ1) is 15.3. The predicted octanol–water partition coefficient (Wildman–Crippen LogP) is 2.19. The second kappa shape index (κ2) is 6.57. The lowest BCUT2D eigenvalue weighted by atomic mass is 10.3. The molecule has 0 aromatic carbocycles. The number of hydrogen-bond donors (Lipinski definition) is 2. The molecule has 8 heteroatoms. The number of aliphatic carboxylic acids is 1. The molecule has 0 saturated heterocycles. The maximum absolute atomic E-state index is 12.2. The quantitative estimate of drug-likeness (QED) is 0.831. The van der Waals surface area contributed by atoms with Crippen LogP contribution in [0.1, 0.15) is 23.8 Å². The maximum atomic E-state index is 12.2. The summed E-state index contributed by atoms with van der Waals surface area (Å²) in [5.74, 6) is -1.25. The molecule has 0 radical (unpaired) electrons. The standard InChI is InChI=1S/C13H15BrN4O3/c1-2-3-17-6-9(14)4-11(17)13(21)16-10-5-15-18(7-10)8-12(19)20/h4-7H,2-3,8H2,1H3,(H,16,21)(H,19,20). The predicted molar refractivity (Wildman–Crippen MR) is 80.2 cm³/mol. The number of halogens is 1. The summed E-state index contributed by atoms with van der Waals surface area (Å²) in [6.07, 6.45) is 5.67. The lowest BCUT2D eigenvalue weighted by molar-refractivity contribution is -0.137. The SMILES string of the molecule is CCCn1cc(Br)cc1C(=O)Nc1cnn(CC(=O)O)c1. The van der Waals surface area contributed by atoms with E-state index in [1.165, 1.54) is 17.1 Å². The van der Waals surface area contributed by atoms with Crippen LogP contribution in [0.4, 0.5) is 5.69 Å². The third kappa shape index (κ3) is 3.94. The zero-order chi connectivity index (χ0) is 15.4. The Labute approximate surface area is 129 Å². The molecule has 0 fully saturated rings. The van der Waals surface area contributed by atoms with E-state index in [1.54, 1.807) is 6.07 Å². The van der Waals surface area contributed by atoms with Crippen LogP contribution in [0, 0.1) is 0 Å². The number of nitrogens with one attached hydrogen (secondary N) is 1. The van der Waals surface area contributed by atoms with Crippen molar-refractivity contribution in [2.24, 2.45) is 0 Å². The molecule has 2 heterocycles. The summed E-state index contributed by atoms with van der Waals surface area (Å²) >= 11 is 3.36. The molecule has 21 heavy (non-hydrogen) atoms. The molecule has 1 amide bonds. The van der Waals surface area contributed by atoms with Crippen LogP contribution in [-0.2, 0) is 17.9 Å². The lowest BCUT2D eigenvalue weighted by Crippen LogP contribution is -2.16. The molecule has 2 aromatic heterocycles. The van der Waals surface area contributed by atoms with Crippen LogP contribution in [0.3, 0.4) is 0 Å². The topological polar surface area (TPSA) is 89.2 Å². The van der Waals surface area contributed by atoms with Crippen LogP contribution < -0.4 is 5.32 Å². The number of anilines is 1. The van der Waals surface area contributed by atoms with E-state index in [9.17, 15) is 9.59 Å². The van der Waals surface area contributed by atoms with Gasteiger partial charge in [0, 0.05) is 23.4 Å². The van der Waals surface area contributed by atoms with Gasteiger partial charge in [-0.05, 0) is 28.4 Å². The fourth-order valence-electron chi connectivity index (χ4n) is 1.94. The van der Waals surface area contributed by atoms with Gasteiger partial charge in [0.15, 0.2) is 0 Å². The van der Waals surface area contributed by atoms with Crippen LogP contribution in [0.15, 0.2) is 29.1 Å². The Balaban J connectivity index is 2.10. The molecule has 0 atom stereocenters. The van der Waals surface area contributed by atoms with Crippen molar-refractivity contribution in [1.82, 2.24) is 14.3 Å². The van der Waals surface area contributed by atoms with Gasteiger partial charge < -0.3 is 15.0 Å². The summed E-state index contributed by atoms with van der Waals surface area (Å²) in [6, 6.07) is 1.74. The van der Waals surface area contributed by atoms with Gasteiger partial charge in [-0.15, -0.1) is 0 Å². The van der Waals surface area contributed by atoms with Gasteiger partial charge in [0.25, 0.3) is 5.91 Å². The zero-order valence-electron chi connectivity index (χ0n) is 11.4. The molecule has 0 spiro atoms. The average molecular weight is 355 g/mol. The minimum atomic E-state index is -0.989. The van der Waals surface area contributed by atoms with Crippen molar-refractivity contribution in [3.05, 3.63) is 34.8 Å². The van der Waals surface area contributed by atoms with E-state index in [2.05, 4.69) is 26.3 Å². The fraction of sp³-hybridized carbons (Fsp3) is 0.308. The molecule has 0 unspecified atom stereocenters. The smallest absolute Gasteiger partial charge is 0.325 e. The summed E-state index contributed by atoms with van der Waals surface area (Å²) in [4.78, 5) is 22.8. The molecule has 0 aliphatic carbocycles. The highest BCUT2D eigenvalue weighted by molar-refractivity contribution is 9.10. The van der Waals surface area contributed by atoms with Crippen LogP contribution in [0.5, 0.6) is 0 Å². The summed E-state index contributed by atoms with van der Waals surface area (Å²) in [5, 5.41) is 15.3. The first-order valence-electron chi connectivity index (χ1n) is 6.41. The third-order valence-electron chi connectivity index (χ3n) is 2.75. The molecule has 2 rings (SSSR count). The van der Waals surface area contributed by atoms with Gasteiger partial charge in [0.05, 0.1) is 11.9 Å². The number of carboxylic acid groups (broad SMARTS) is 1. The molecule has 2 N–H and O–H groups in total. The molecule has 7 nitrogen and oxygen atoms in total. The van der Waals surface area contributed by atoms with Gasteiger partial charge in [-0.3, -0.25) is 14.3 Å². The van der Waals surface area contributed by atoms with Gasteiger partial charge >= 0.3 is 5.97 Å². The lowest BCUT2D eigenvalue weighted by Gasteiger charge is -2.07. The summed E-state index contributed by atoms with van der Waals surface area (Å²) < 4.78 is 3.95. The van der Waals surface area contributed by atoms with Gasteiger partial charge in [0.2, 0.25) is 0 Å². The highest BCUT2D eigenvalue weighted by Crippen LogP contribution is 2.17. The fourth-order valence-corrected chi connectivity index (χ4v) is 2.40. The van der Waals surface area contributed by atoms with Crippen LogP contribution in [-0.4, -0.2) is 31.3 Å². The van der Waals surface area contributed by atoms with E-state index in [0.717, 1.165) is 17.4 Å². The van der Waals surface area contributed by atoms with Crippen LogP contribution in [0.2, 0.25) is 0 Å². The van der Waals surface area contributed by atoms with Crippen molar-refractivity contribution in [3.8, 4) is 0 Å². The average Bonchev–Trinajstić information content (AvgIpc) is 2.96. The van der Waals surface area contributed by atoms with Crippen LogP contribution in [0.25, 0.3) is 0 Å². The van der Waals surface area contributed by atoms with Crippen molar-refractivity contribution in [2.75, 3.05) is 5.32 Å². The van der Waals surface area contributed by atoms with E-state index in [-0.39, 0.29) is 12.5 Å². The third-order valence-corrected chi connectivity index (χ3v) is 3.18. The highest BCUT2D eigenvalue weighted by atomic mass is 79.9. The van der Waals surface area contributed by atoms with E-state index in [4.69, 9.17) is 5.11 Å². The zero-order valence-corrected chi connectivity index (χ0v) is 13.0. The number of nitrogens with zero attached hydrogens (tertiary/aromatic N) is 3. The Kier molecular flexibility index (Phi) is 4.79. The molecular formula is C13H15BrN4O3. The van der Waals surface area contributed by atoms with Crippen molar-refractivity contribution in [2.45, 2.75) is 26.4 Å². The van der Waals surface area contributed by atoms with E-state index in [1.807, 2.05) is 17.7 Å². The molecule has 0 aliphatic rings. The van der Waals surface area contributed by atoms with Gasteiger partial charge in [-0.25, -0.2) is 0 Å². The van der Waals surface area contributed by atoms with Gasteiger partial charge in [-0.2, -0.15) is 5.10 Å². The second-order valence-corrected chi connectivity index (χ2v) is 5.43. The molecule has 0 saturated carbocycles. The minimum Gasteiger partial charge on any atom is -0.480 e. The number of carboxylic acids is 1. The molecule has 2 aromatic rings. The van der Waals surface area contributed by atoms with Crippen molar-refractivity contribution in [1.29, 1.82) is 0 Å². The van der Waals surface area contributed by atoms with Gasteiger partial charge in [-0.1, -0.05) is 6.92 Å². The minimum absolute atomic E-state index is 0.242. The summed E-state index contributed by atoms with van der Waals surface area (Å²) in [7, 11) is 0. The normalized spacial score (nSPS) is 10.6. The molecule has 112 valence electrons. The van der Waals surface area contributed by atoms with Crippen molar-refractivity contribution in [3.63, 3.8) is 0 Å². The number of carbonyl (C=O) groups is 2. The summed E-state index contributed by atoms with van der Waals surface area (Å²) in [6.45, 7) is 2.53. The number of aromatic nitrogens is 3. The first-order chi connectivity index (χ1) is 9.99. The number of carbonyl (C=O) groups excluding carboxylic acids is 1. The first-order valence-corrected chi connectivity index (χ1v) is 7.20. The van der Waals surface area contributed by atoms with E-state index in [0.29, 0.717) is 11.4 Å². The van der Waals surface area contributed by atoms with E-state index >= 15 is 0 Å². The Hall–Kier alpha value is -2.09. The number of hydrogen-bond acceptors (Lipinski definition) is 3. The summed E-state index contributed by atoms with van der Waals surface area (Å²) in [5.41, 5.74) is 0.997.